The number of ether oxygens (including phenoxy) is 1. The molecule has 0 aliphatic rings. The highest BCUT2D eigenvalue weighted by atomic mass is 35.5. The molecule has 0 bridgehead atoms. The van der Waals surface area contributed by atoms with Crippen LogP contribution in [-0.2, 0) is 18.4 Å². The van der Waals surface area contributed by atoms with Gasteiger partial charge in [0.15, 0.2) is 0 Å². The van der Waals surface area contributed by atoms with Gasteiger partial charge in [-0.1, -0.05) is 11.6 Å². The second-order valence-corrected chi connectivity index (χ2v) is 4.22. The fourth-order valence-electron chi connectivity index (χ4n) is 1.46. The molecule has 0 aliphatic heterocycles. The zero-order valence-corrected chi connectivity index (χ0v) is 10.5. The molecule has 1 heterocycles. The fourth-order valence-corrected chi connectivity index (χ4v) is 1.63. The molecule has 18 heavy (non-hydrogen) atoms. The largest absolute Gasteiger partial charge is 0.455 e. The molecule has 0 atom stereocenters. The van der Waals surface area contributed by atoms with Crippen LogP contribution in [0.4, 0.5) is 5.69 Å². The second kappa shape index (κ2) is 5.10. The number of nitrogens with two attached hydrogens (primary N) is 1. The lowest BCUT2D eigenvalue weighted by atomic mass is 10.2. The van der Waals surface area contributed by atoms with Crippen molar-refractivity contribution in [3.05, 3.63) is 46.7 Å². The third-order valence-corrected chi connectivity index (χ3v) is 2.59. The first-order valence-electron chi connectivity index (χ1n) is 5.27. The molecule has 0 fully saturated rings. The summed E-state index contributed by atoms with van der Waals surface area (Å²) >= 11 is 5.80. The van der Waals surface area contributed by atoms with Crippen LogP contribution in [0.3, 0.4) is 0 Å². The van der Waals surface area contributed by atoms with Crippen LogP contribution < -0.4 is 5.73 Å². The number of halogens is 1. The van der Waals surface area contributed by atoms with E-state index in [1.54, 1.807) is 36.1 Å². The quantitative estimate of drug-likeness (QED) is 0.681. The van der Waals surface area contributed by atoms with E-state index in [4.69, 9.17) is 22.1 Å². The van der Waals surface area contributed by atoms with E-state index in [-0.39, 0.29) is 12.2 Å². The summed E-state index contributed by atoms with van der Waals surface area (Å²) in [7, 11) is 1.79. The summed E-state index contributed by atoms with van der Waals surface area (Å²) in [5.74, 6) is -0.513. The van der Waals surface area contributed by atoms with Crippen LogP contribution in [0, 0.1) is 0 Å². The maximum absolute atomic E-state index is 11.8. The van der Waals surface area contributed by atoms with Crippen molar-refractivity contribution in [1.29, 1.82) is 0 Å². The van der Waals surface area contributed by atoms with Crippen molar-refractivity contribution in [2.75, 3.05) is 5.73 Å². The van der Waals surface area contributed by atoms with Crippen molar-refractivity contribution in [2.24, 2.45) is 7.05 Å². The van der Waals surface area contributed by atoms with Crippen molar-refractivity contribution >= 4 is 23.3 Å². The summed E-state index contributed by atoms with van der Waals surface area (Å²) in [4.78, 5) is 11.8. The lowest BCUT2D eigenvalue weighted by molar-refractivity contribution is 0.0468. The summed E-state index contributed by atoms with van der Waals surface area (Å²) in [5.41, 5.74) is 6.96. The van der Waals surface area contributed by atoms with Gasteiger partial charge < -0.3 is 10.5 Å². The molecule has 5 nitrogen and oxygen atoms in total. The van der Waals surface area contributed by atoms with Gasteiger partial charge in [0.25, 0.3) is 0 Å². The minimum absolute atomic E-state index is 0.103. The first-order chi connectivity index (χ1) is 8.56. The van der Waals surface area contributed by atoms with Crippen molar-refractivity contribution in [3.63, 3.8) is 0 Å². The molecule has 0 saturated carbocycles. The van der Waals surface area contributed by atoms with Gasteiger partial charge in [0.1, 0.15) is 6.61 Å². The molecule has 0 spiro atoms. The number of hydrogen-bond donors (Lipinski definition) is 1. The molecular formula is C12H12ClN3O2. The zero-order chi connectivity index (χ0) is 13.1. The van der Waals surface area contributed by atoms with Crippen LogP contribution in [0.15, 0.2) is 30.5 Å². The molecule has 0 saturated heterocycles. The molecule has 0 aliphatic carbocycles. The maximum Gasteiger partial charge on any atom is 0.340 e. The van der Waals surface area contributed by atoms with Crippen LogP contribution in [0.5, 0.6) is 0 Å². The van der Waals surface area contributed by atoms with E-state index in [9.17, 15) is 4.79 Å². The highest BCUT2D eigenvalue weighted by Crippen LogP contribution is 2.19. The number of esters is 1. The minimum atomic E-state index is -0.513. The first-order valence-corrected chi connectivity index (χ1v) is 5.65. The molecule has 94 valence electrons. The van der Waals surface area contributed by atoms with Gasteiger partial charge in [-0.15, -0.1) is 0 Å². The number of aryl methyl sites for hydroxylation is 1. The molecule has 0 radical (unpaired) electrons. The SMILES string of the molecule is Cn1ccc(COC(=O)c2cc(Cl)ccc2N)n1. The molecule has 2 aromatic rings. The Morgan fingerprint density at radius 2 is 2.28 bits per heavy atom. The lowest BCUT2D eigenvalue weighted by Gasteiger charge is -2.06. The highest BCUT2D eigenvalue weighted by molar-refractivity contribution is 6.31. The third kappa shape index (κ3) is 2.81. The van der Waals surface area contributed by atoms with E-state index < -0.39 is 5.97 Å². The zero-order valence-electron chi connectivity index (χ0n) is 9.76. The summed E-state index contributed by atoms with van der Waals surface area (Å²) in [6.45, 7) is 0.103. The van der Waals surface area contributed by atoms with E-state index in [1.807, 2.05) is 0 Å². The van der Waals surface area contributed by atoms with Crippen LogP contribution in [0.1, 0.15) is 16.1 Å². The van der Waals surface area contributed by atoms with Crippen molar-refractivity contribution < 1.29 is 9.53 Å². The summed E-state index contributed by atoms with van der Waals surface area (Å²) in [6.07, 6.45) is 1.77. The van der Waals surface area contributed by atoms with Gasteiger partial charge in [0.2, 0.25) is 0 Å². The predicted octanol–water partition coefficient (Wildman–Crippen LogP) is 2.01. The van der Waals surface area contributed by atoms with Crippen molar-refractivity contribution in [1.82, 2.24) is 9.78 Å². The average Bonchev–Trinajstić information content (AvgIpc) is 2.75. The number of nitrogens with zero attached hydrogens (tertiary/aromatic N) is 2. The van der Waals surface area contributed by atoms with Gasteiger partial charge in [-0.25, -0.2) is 4.79 Å². The maximum atomic E-state index is 11.8. The topological polar surface area (TPSA) is 70.1 Å². The number of carbonyl (C=O) groups excluding carboxylic acids is 1. The van der Waals surface area contributed by atoms with Crippen LogP contribution in [0.25, 0.3) is 0 Å². The molecule has 0 amide bonds. The van der Waals surface area contributed by atoms with Gasteiger partial charge >= 0.3 is 5.97 Å². The Balaban J connectivity index is 2.05. The van der Waals surface area contributed by atoms with Gasteiger partial charge in [0, 0.05) is 24.0 Å². The fraction of sp³-hybridized carbons (Fsp3) is 0.167. The molecule has 0 unspecified atom stereocenters. The van der Waals surface area contributed by atoms with Gasteiger partial charge in [-0.3, -0.25) is 4.68 Å². The standard InChI is InChI=1S/C12H12ClN3O2/c1-16-5-4-9(15-16)7-18-12(17)10-6-8(13)2-3-11(10)14/h2-6H,7,14H2,1H3. The Kier molecular flexibility index (Phi) is 3.53. The van der Waals surface area contributed by atoms with Crippen LogP contribution in [0.2, 0.25) is 5.02 Å². The van der Waals surface area contributed by atoms with Crippen molar-refractivity contribution in [3.8, 4) is 0 Å². The lowest BCUT2D eigenvalue weighted by Crippen LogP contribution is -2.08. The predicted molar refractivity (Wildman–Crippen MR) is 68.2 cm³/mol. The number of carbonyl (C=O) groups is 1. The molecule has 1 aromatic heterocycles. The van der Waals surface area contributed by atoms with Gasteiger partial charge in [-0.05, 0) is 24.3 Å². The van der Waals surface area contributed by atoms with E-state index >= 15 is 0 Å². The Hall–Kier alpha value is -2.01. The number of hydrogen-bond acceptors (Lipinski definition) is 4. The van der Waals surface area contributed by atoms with Crippen molar-refractivity contribution in [2.45, 2.75) is 6.61 Å². The monoisotopic (exact) mass is 265 g/mol. The van der Waals surface area contributed by atoms with E-state index in [0.29, 0.717) is 16.4 Å². The Labute approximate surface area is 109 Å². The smallest absolute Gasteiger partial charge is 0.340 e. The Bertz CT molecular complexity index is 580. The highest BCUT2D eigenvalue weighted by Gasteiger charge is 2.12. The van der Waals surface area contributed by atoms with E-state index in [2.05, 4.69) is 5.10 Å². The Morgan fingerprint density at radius 3 is 2.94 bits per heavy atom. The molecule has 1 aromatic carbocycles. The number of rotatable bonds is 3. The molecular weight excluding hydrogens is 254 g/mol. The normalized spacial score (nSPS) is 10.3. The molecule has 2 N–H and O–H groups in total. The summed E-state index contributed by atoms with van der Waals surface area (Å²) in [5, 5.41) is 4.54. The van der Waals surface area contributed by atoms with Crippen LogP contribution >= 0.6 is 11.6 Å². The Morgan fingerprint density at radius 1 is 1.50 bits per heavy atom. The third-order valence-electron chi connectivity index (χ3n) is 2.36. The molecule has 6 heteroatoms. The number of benzene rings is 1. The minimum Gasteiger partial charge on any atom is -0.455 e. The summed E-state index contributed by atoms with van der Waals surface area (Å²) < 4.78 is 6.75. The van der Waals surface area contributed by atoms with E-state index in [0.717, 1.165) is 0 Å². The average molecular weight is 266 g/mol. The summed E-state index contributed by atoms with van der Waals surface area (Å²) in [6, 6.07) is 6.44. The van der Waals surface area contributed by atoms with Crippen LogP contribution in [-0.4, -0.2) is 15.7 Å². The number of anilines is 1. The van der Waals surface area contributed by atoms with E-state index in [1.165, 1.54) is 6.07 Å². The van der Waals surface area contributed by atoms with Gasteiger partial charge in [0.05, 0.1) is 11.3 Å². The second-order valence-electron chi connectivity index (χ2n) is 3.79. The first kappa shape index (κ1) is 12.4. The number of nitrogen functional groups attached to an aromatic ring is 1. The molecule has 2 rings (SSSR count). The van der Waals surface area contributed by atoms with Gasteiger partial charge in [-0.2, -0.15) is 5.10 Å². The number of aromatic nitrogens is 2.